The predicted octanol–water partition coefficient (Wildman–Crippen LogP) is 3.97. The summed E-state index contributed by atoms with van der Waals surface area (Å²) in [6, 6.07) is 7.01. The van der Waals surface area contributed by atoms with Gasteiger partial charge in [0.25, 0.3) is 0 Å². The number of nitrogens with one attached hydrogen (secondary N) is 1. The first-order chi connectivity index (χ1) is 13.7. The van der Waals surface area contributed by atoms with Crippen molar-refractivity contribution in [2.75, 3.05) is 7.11 Å². The van der Waals surface area contributed by atoms with E-state index in [9.17, 15) is 22.8 Å². The molecular weight excluding hydrogens is 389 g/mol. The number of aryl methyl sites for hydroxylation is 1. The number of methoxy groups -OCH3 is 1. The Labute approximate surface area is 163 Å². The molecule has 3 aromatic rings. The van der Waals surface area contributed by atoms with Gasteiger partial charge in [-0.1, -0.05) is 6.92 Å². The maximum absolute atomic E-state index is 13.0. The third-order valence-electron chi connectivity index (χ3n) is 4.35. The summed E-state index contributed by atoms with van der Waals surface area (Å²) in [7, 11) is 1.18. The van der Waals surface area contributed by atoms with E-state index in [0.29, 0.717) is 11.9 Å². The smallest absolute Gasteiger partial charge is 0.469 e. The normalized spacial score (nSPS) is 11.5. The van der Waals surface area contributed by atoms with Gasteiger partial charge in [-0.25, -0.2) is 0 Å². The molecule has 29 heavy (non-hydrogen) atoms. The number of H-pyrrole nitrogens is 1. The fourth-order valence-corrected chi connectivity index (χ4v) is 2.96. The van der Waals surface area contributed by atoms with Crippen LogP contribution in [0.2, 0.25) is 0 Å². The molecule has 152 valence electrons. The van der Waals surface area contributed by atoms with Crippen LogP contribution in [-0.4, -0.2) is 35.2 Å². The number of benzene rings is 1. The molecule has 0 aliphatic rings. The van der Waals surface area contributed by atoms with E-state index in [-0.39, 0.29) is 28.8 Å². The van der Waals surface area contributed by atoms with Gasteiger partial charge in [0.05, 0.1) is 19.2 Å². The van der Waals surface area contributed by atoms with Gasteiger partial charge < -0.3 is 14.5 Å². The number of pyridine rings is 1. The van der Waals surface area contributed by atoms with Crippen LogP contribution >= 0.6 is 0 Å². The highest BCUT2D eigenvalue weighted by molar-refractivity contribution is 6.11. The number of hydrogen-bond acceptors (Lipinski definition) is 5. The molecule has 9 heteroatoms. The van der Waals surface area contributed by atoms with Crippen LogP contribution in [0.1, 0.15) is 34.2 Å². The Balaban J connectivity index is 2.13. The number of ketones is 1. The summed E-state index contributed by atoms with van der Waals surface area (Å²) in [6.45, 7) is 1.93. The molecule has 0 aliphatic heterocycles. The van der Waals surface area contributed by atoms with E-state index >= 15 is 0 Å². The van der Waals surface area contributed by atoms with E-state index in [1.54, 1.807) is 12.1 Å². The average Bonchev–Trinajstić information content (AvgIpc) is 3.03. The van der Waals surface area contributed by atoms with E-state index in [2.05, 4.69) is 19.4 Å². The van der Waals surface area contributed by atoms with Crippen LogP contribution in [0, 0.1) is 0 Å². The fourth-order valence-electron chi connectivity index (χ4n) is 2.96. The number of aromatic amines is 1. The van der Waals surface area contributed by atoms with Crippen molar-refractivity contribution in [1.82, 2.24) is 9.97 Å². The topological polar surface area (TPSA) is 81.3 Å². The molecule has 0 spiro atoms. The summed E-state index contributed by atoms with van der Waals surface area (Å²) in [4.78, 5) is 31.9. The highest BCUT2D eigenvalue weighted by atomic mass is 19.4. The minimum absolute atomic E-state index is 0.0651. The SMILES string of the molecule is CCc1ccnc(C(=O)c2[nH]c3ccc(OC(F)(F)F)cc3c2CC(=O)OC)c1. The molecule has 0 bridgehead atoms. The molecule has 3 rings (SSSR count). The summed E-state index contributed by atoms with van der Waals surface area (Å²) in [6.07, 6.45) is -2.97. The maximum atomic E-state index is 13.0. The Morgan fingerprint density at radius 1 is 1.17 bits per heavy atom. The number of alkyl halides is 3. The lowest BCUT2D eigenvalue weighted by Gasteiger charge is -2.09. The zero-order chi connectivity index (χ0) is 21.2. The predicted molar refractivity (Wildman–Crippen MR) is 97.7 cm³/mol. The Kier molecular flexibility index (Phi) is 5.58. The summed E-state index contributed by atoms with van der Waals surface area (Å²) >= 11 is 0. The van der Waals surface area contributed by atoms with Crippen LogP contribution in [0.3, 0.4) is 0 Å². The summed E-state index contributed by atoms with van der Waals surface area (Å²) < 4.78 is 46.3. The molecule has 6 nitrogen and oxygen atoms in total. The molecule has 1 aromatic carbocycles. The van der Waals surface area contributed by atoms with Crippen molar-refractivity contribution in [3.05, 3.63) is 59.0 Å². The molecule has 0 saturated carbocycles. The second-order valence-electron chi connectivity index (χ2n) is 6.22. The van der Waals surface area contributed by atoms with Gasteiger partial charge >= 0.3 is 12.3 Å². The quantitative estimate of drug-likeness (QED) is 0.495. The highest BCUT2D eigenvalue weighted by Crippen LogP contribution is 2.31. The first-order valence-corrected chi connectivity index (χ1v) is 8.68. The van der Waals surface area contributed by atoms with Gasteiger partial charge in [-0.2, -0.15) is 0 Å². The van der Waals surface area contributed by atoms with Gasteiger partial charge in [0.1, 0.15) is 11.4 Å². The van der Waals surface area contributed by atoms with Crippen LogP contribution in [0.25, 0.3) is 10.9 Å². The monoisotopic (exact) mass is 406 g/mol. The van der Waals surface area contributed by atoms with Crippen LogP contribution in [0.4, 0.5) is 13.2 Å². The number of carbonyl (C=O) groups is 2. The molecule has 0 fully saturated rings. The molecule has 0 atom stereocenters. The first kappa shape index (κ1) is 20.4. The molecule has 0 unspecified atom stereocenters. The number of fused-ring (bicyclic) bond motifs is 1. The number of carbonyl (C=O) groups excluding carboxylic acids is 2. The molecule has 2 aromatic heterocycles. The number of esters is 1. The molecule has 0 radical (unpaired) electrons. The molecule has 0 aliphatic carbocycles. The zero-order valence-electron chi connectivity index (χ0n) is 15.6. The van der Waals surface area contributed by atoms with E-state index in [1.165, 1.54) is 19.4 Å². The van der Waals surface area contributed by atoms with Crippen molar-refractivity contribution < 1.29 is 32.2 Å². The van der Waals surface area contributed by atoms with Crippen LogP contribution < -0.4 is 4.74 Å². The minimum Gasteiger partial charge on any atom is -0.469 e. The summed E-state index contributed by atoms with van der Waals surface area (Å²) in [5, 5.41) is 0.257. The molecule has 0 saturated heterocycles. The Bertz CT molecular complexity index is 1070. The Hall–Kier alpha value is -3.36. The number of ether oxygens (including phenoxy) is 2. The summed E-state index contributed by atoms with van der Waals surface area (Å²) in [5.74, 6) is -1.58. The van der Waals surface area contributed by atoms with Crippen LogP contribution in [0.15, 0.2) is 36.5 Å². The standard InChI is InChI=1S/C20H17F3N2O4/c1-3-11-6-7-24-16(8-11)19(27)18-14(10-17(26)28-2)13-9-12(29-20(21,22)23)4-5-15(13)25-18/h4-9,25H,3,10H2,1-2H3. The second-order valence-corrected chi connectivity index (χ2v) is 6.22. The maximum Gasteiger partial charge on any atom is 0.573 e. The van der Waals surface area contributed by atoms with E-state index in [4.69, 9.17) is 0 Å². The van der Waals surface area contributed by atoms with Crippen molar-refractivity contribution in [3.8, 4) is 5.75 Å². The van der Waals surface area contributed by atoms with Crippen LogP contribution in [-0.2, 0) is 22.4 Å². The van der Waals surface area contributed by atoms with Crippen molar-refractivity contribution in [3.63, 3.8) is 0 Å². The minimum atomic E-state index is -4.87. The number of rotatable bonds is 6. The highest BCUT2D eigenvalue weighted by Gasteiger charge is 2.31. The lowest BCUT2D eigenvalue weighted by atomic mass is 10.0. The number of hydrogen-bond donors (Lipinski definition) is 1. The lowest BCUT2D eigenvalue weighted by molar-refractivity contribution is -0.274. The second kappa shape index (κ2) is 7.94. The first-order valence-electron chi connectivity index (χ1n) is 8.68. The van der Waals surface area contributed by atoms with Crippen molar-refractivity contribution >= 4 is 22.7 Å². The Morgan fingerprint density at radius 2 is 1.93 bits per heavy atom. The van der Waals surface area contributed by atoms with Crippen LogP contribution in [0.5, 0.6) is 5.75 Å². The zero-order valence-corrected chi connectivity index (χ0v) is 15.6. The third kappa shape index (κ3) is 4.56. The number of aromatic nitrogens is 2. The van der Waals surface area contributed by atoms with E-state index < -0.39 is 23.9 Å². The Morgan fingerprint density at radius 3 is 2.59 bits per heavy atom. The van der Waals surface area contributed by atoms with Gasteiger partial charge in [-0.15, -0.1) is 13.2 Å². The van der Waals surface area contributed by atoms with Crippen molar-refractivity contribution in [2.45, 2.75) is 26.1 Å². The van der Waals surface area contributed by atoms with Gasteiger partial charge in [-0.3, -0.25) is 14.6 Å². The molecular formula is C20H17F3N2O4. The van der Waals surface area contributed by atoms with Gasteiger partial charge in [0, 0.05) is 22.7 Å². The number of nitrogens with zero attached hydrogens (tertiary/aromatic N) is 1. The molecule has 2 heterocycles. The third-order valence-corrected chi connectivity index (χ3v) is 4.35. The molecule has 1 N–H and O–H groups in total. The van der Waals surface area contributed by atoms with Crippen molar-refractivity contribution in [1.29, 1.82) is 0 Å². The lowest BCUT2D eigenvalue weighted by Crippen LogP contribution is -2.17. The number of halogens is 3. The molecule has 0 amide bonds. The average molecular weight is 406 g/mol. The largest absolute Gasteiger partial charge is 0.573 e. The summed E-state index contributed by atoms with van der Waals surface area (Å²) in [5.41, 5.74) is 1.72. The van der Waals surface area contributed by atoms with Gasteiger partial charge in [0.2, 0.25) is 5.78 Å². The van der Waals surface area contributed by atoms with E-state index in [1.807, 2.05) is 6.92 Å². The van der Waals surface area contributed by atoms with Gasteiger partial charge in [0.15, 0.2) is 0 Å². The van der Waals surface area contributed by atoms with Crippen molar-refractivity contribution in [2.24, 2.45) is 0 Å². The van der Waals surface area contributed by atoms with E-state index in [0.717, 1.165) is 17.7 Å². The fraction of sp³-hybridized carbons (Fsp3) is 0.250. The van der Waals surface area contributed by atoms with Gasteiger partial charge in [-0.05, 0) is 42.3 Å².